The van der Waals surface area contributed by atoms with Crippen LogP contribution in [0.25, 0.3) is 0 Å². The van der Waals surface area contributed by atoms with Gasteiger partial charge in [0.25, 0.3) is 0 Å². The average Bonchev–Trinajstić information content (AvgIpc) is 3.34. The van der Waals surface area contributed by atoms with Crippen molar-refractivity contribution in [3.05, 3.63) is 71.8 Å². The van der Waals surface area contributed by atoms with Crippen molar-refractivity contribution < 1.29 is 9.53 Å². The predicted octanol–water partition coefficient (Wildman–Crippen LogP) is 2.49. The van der Waals surface area contributed by atoms with Gasteiger partial charge in [0.05, 0.1) is 12.3 Å². The standard InChI is InChI=1S/C17H15NO2/c19-15(16-12-20-16)11-18-17(13-7-3-1-4-8-13)14-9-5-2-6-10-14/h1-10,16H,11-12H2. The molecule has 1 unspecified atom stereocenters. The Hall–Kier alpha value is -2.26. The summed E-state index contributed by atoms with van der Waals surface area (Å²) in [6.07, 6.45) is -0.230. The van der Waals surface area contributed by atoms with E-state index in [9.17, 15) is 4.79 Å². The number of benzene rings is 2. The van der Waals surface area contributed by atoms with Crippen LogP contribution in [0.1, 0.15) is 11.1 Å². The molecular formula is C17H15NO2. The maximum atomic E-state index is 11.7. The van der Waals surface area contributed by atoms with Crippen molar-refractivity contribution in [3.63, 3.8) is 0 Å². The van der Waals surface area contributed by atoms with Crippen LogP contribution in [-0.2, 0) is 9.53 Å². The second-order valence-electron chi connectivity index (χ2n) is 4.69. The highest BCUT2D eigenvalue weighted by Gasteiger charge is 2.30. The number of carbonyl (C=O) groups excluding carboxylic acids is 1. The number of nitrogens with zero attached hydrogens (tertiary/aromatic N) is 1. The quantitative estimate of drug-likeness (QED) is 0.615. The third-order valence-corrected chi connectivity index (χ3v) is 3.18. The molecule has 0 bridgehead atoms. The van der Waals surface area contributed by atoms with Gasteiger partial charge in [0.15, 0.2) is 5.78 Å². The molecule has 0 aromatic heterocycles. The Balaban J connectivity index is 1.91. The molecular weight excluding hydrogens is 250 g/mol. The molecule has 100 valence electrons. The zero-order valence-corrected chi connectivity index (χ0v) is 11.0. The molecule has 20 heavy (non-hydrogen) atoms. The maximum absolute atomic E-state index is 11.7. The van der Waals surface area contributed by atoms with Gasteiger partial charge in [-0.05, 0) is 0 Å². The summed E-state index contributed by atoms with van der Waals surface area (Å²) in [6.45, 7) is 0.712. The lowest BCUT2D eigenvalue weighted by Crippen LogP contribution is -2.13. The van der Waals surface area contributed by atoms with E-state index in [-0.39, 0.29) is 18.4 Å². The Kier molecular flexibility index (Phi) is 3.70. The minimum Gasteiger partial charge on any atom is -0.365 e. The smallest absolute Gasteiger partial charge is 0.185 e. The first kappa shape index (κ1) is 12.8. The van der Waals surface area contributed by atoms with Gasteiger partial charge in [0, 0.05) is 11.1 Å². The number of ether oxygens (including phenoxy) is 1. The van der Waals surface area contributed by atoms with E-state index in [1.54, 1.807) is 0 Å². The predicted molar refractivity (Wildman–Crippen MR) is 78.1 cm³/mol. The lowest BCUT2D eigenvalue weighted by atomic mass is 10.0. The van der Waals surface area contributed by atoms with Crippen molar-refractivity contribution in [1.82, 2.24) is 0 Å². The second kappa shape index (κ2) is 5.80. The highest BCUT2D eigenvalue weighted by molar-refractivity contribution is 6.13. The van der Waals surface area contributed by atoms with Gasteiger partial charge in [-0.2, -0.15) is 0 Å². The van der Waals surface area contributed by atoms with Crippen LogP contribution >= 0.6 is 0 Å². The number of epoxide rings is 1. The molecule has 0 spiro atoms. The van der Waals surface area contributed by atoms with Crippen LogP contribution in [-0.4, -0.2) is 30.8 Å². The molecule has 1 fully saturated rings. The number of rotatable bonds is 5. The minimum atomic E-state index is -0.230. The van der Waals surface area contributed by atoms with Gasteiger partial charge in [-0.25, -0.2) is 0 Å². The Morgan fingerprint density at radius 2 is 1.50 bits per heavy atom. The Morgan fingerprint density at radius 1 is 1.00 bits per heavy atom. The topological polar surface area (TPSA) is 42.0 Å². The summed E-state index contributed by atoms with van der Waals surface area (Å²) < 4.78 is 5.00. The summed E-state index contributed by atoms with van der Waals surface area (Å²) in [5, 5.41) is 0. The first-order chi connectivity index (χ1) is 9.84. The summed E-state index contributed by atoms with van der Waals surface area (Å²) in [5.41, 5.74) is 2.88. The van der Waals surface area contributed by atoms with E-state index in [1.165, 1.54) is 0 Å². The van der Waals surface area contributed by atoms with Crippen molar-refractivity contribution >= 4 is 11.5 Å². The molecule has 1 aliphatic heterocycles. The second-order valence-corrected chi connectivity index (χ2v) is 4.69. The lowest BCUT2D eigenvalue weighted by molar-refractivity contribution is -0.118. The third-order valence-electron chi connectivity index (χ3n) is 3.18. The molecule has 0 N–H and O–H groups in total. The van der Waals surface area contributed by atoms with E-state index in [0.29, 0.717) is 6.61 Å². The van der Waals surface area contributed by atoms with Crippen molar-refractivity contribution in [1.29, 1.82) is 0 Å². The zero-order valence-electron chi connectivity index (χ0n) is 11.0. The summed E-state index contributed by atoms with van der Waals surface area (Å²) in [7, 11) is 0. The van der Waals surface area contributed by atoms with E-state index in [0.717, 1.165) is 16.8 Å². The summed E-state index contributed by atoms with van der Waals surface area (Å²) in [5.74, 6) is 0.0503. The fraction of sp³-hybridized carbons (Fsp3) is 0.176. The Labute approximate surface area is 117 Å². The van der Waals surface area contributed by atoms with E-state index in [2.05, 4.69) is 4.99 Å². The van der Waals surface area contributed by atoms with Gasteiger partial charge in [0.1, 0.15) is 12.6 Å². The van der Waals surface area contributed by atoms with Crippen LogP contribution in [0.4, 0.5) is 0 Å². The molecule has 2 aromatic rings. The maximum Gasteiger partial charge on any atom is 0.185 e. The number of Topliss-reactive ketones (excluding diaryl/α,β-unsaturated/α-hetero) is 1. The van der Waals surface area contributed by atoms with Crippen molar-refractivity contribution in [2.24, 2.45) is 4.99 Å². The monoisotopic (exact) mass is 265 g/mol. The normalized spacial score (nSPS) is 16.5. The average molecular weight is 265 g/mol. The van der Waals surface area contributed by atoms with E-state index in [1.807, 2.05) is 60.7 Å². The molecule has 1 aliphatic rings. The van der Waals surface area contributed by atoms with Crippen molar-refractivity contribution in [2.75, 3.05) is 13.2 Å². The molecule has 2 aromatic carbocycles. The Morgan fingerprint density at radius 3 is 1.95 bits per heavy atom. The molecule has 3 rings (SSSR count). The van der Waals surface area contributed by atoms with E-state index >= 15 is 0 Å². The molecule has 0 aliphatic carbocycles. The van der Waals surface area contributed by atoms with Gasteiger partial charge >= 0.3 is 0 Å². The lowest BCUT2D eigenvalue weighted by Gasteiger charge is -2.07. The number of carbonyl (C=O) groups is 1. The van der Waals surface area contributed by atoms with Gasteiger partial charge < -0.3 is 4.74 Å². The summed E-state index contributed by atoms with van der Waals surface area (Å²) in [4.78, 5) is 16.3. The minimum absolute atomic E-state index is 0.0503. The fourth-order valence-electron chi connectivity index (χ4n) is 2.03. The molecule has 0 radical (unpaired) electrons. The highest BCUT2D eigenvalue weighted by atomic mass is 16.6. The first-order valence-corrected chi connectivity index (χ1v) is 6.64. The molecule has 3 heteroatoms. The largest absolute Gasteiger partial charge is 0.365 e. The summed E-state index contributed by atoms with van der Waals surface area (Å²) in [6, 6.07) is 19.8. The van der Waals surface area contributed by atoms with Gasteiger partial charge in [-0.15, -0.1) is 0 Å². The number of aliphatic imine (C=N–C) groups is 1. The van der Waals surface area contributed by atoms with Gasteiger partial charge in [-0.1, -0.05) is 60.7 Å². The van der Waals surface area contributed by atoms with E-state index in [4.69, 9.17) is 4.74 Å². The first-order valence-electron chi connectivity index (χ1n) is 6.64. The van der Waals surface area contributed by atoms with Crippen molar-refractivity contribution in [2.45, 2.75) is 6.10 Å². The number of hydrogen-bond acceptors (Lipinski definition) is 3. The molecule has 3 nitrogen and oxygen atoms in total. The van der Waals surface area contributed by atoms with Crippen LogP contribution in [0.5, 0.6) is 0 Å². The molecule has 0 amide bonds. The zero-order chi connectivity index (χ0) is 13.8. The van der Waals surface area contributed by atoms with Gasteiger partial charge in [0.2, 0.25) is 0 Å². The third kappa shape index (κ3) is 3.00. The SMILES string of the molecule is O=C(CN=C(c1ccccc1)c1ccccc1)C1CO1. The molecule has 1 atom stereocenters. The van der Waals surface area contributed by atoms with Crippen LogP contribution in [0.3, 0.4) is 0 Å². The fourth-order valence-corrected chi connectivity index (χ4v) is 2.03. The summed E-state index contributed by atoms with van der Waals surface area (Å²) >= 11 is 0. The molecule has 1 heterocycles. The van der Waals surface area contributed by atoms with Crippen LogP contribution in [0.2, 0.25) is 0 Å². The van der Waals surface area contributed by atoms with Crippen LogP contribution < -0.4 is 0 Å². The van der Waals surface area contributed by atoms with Crippen molar-refractivity contribution in [3.8, 4) is 0 Å². The molecule has 1 saturated heterocycles. The van der Waals surface area contributed by atoms with Gasteiger partial charge in [-0.3, -0.25) is 9.79 Å². The highest BCUT2D eigenvalue weighted by Crippen LogP contribution is 2.13. The van der Waals surface area contributed by atoms with Crippen LogP contribution in [0, 0.1) is 0 Å². The Bertz CT molecular complexity index is 574. The number of hydrogen-bond donors (Lipinski definition) is 0. The van der Waals surface area contributed by atoms with E-state index < -0.39 is 0 Å². The number of ketones is 1. The van der Waals surface area contributed by atoms with Crippen LogP contribution in [0.15, 0.2) is 65.7 Å². The molecule has 0 saturated carbocycles.